The number of carbonyl (C=O) groups excluding carboxylic acids is 1. The maximum Gasteiger partial charge on any atom is 0.197 e. The molecule has 0 atom stereocenters. The van der Waals surface area contributed by atoms with Crippen LogP contribution in [0.25, 0.3) is 0 Å². The summed E-state index contributed by atoms with van der Waals surface area (Å²) in [6, 6.07) is 0. The number of hydrogen-bond acceptors (Lipinski definition) is 3. The van der Waals surface area contributed by atoms with Crippen LogP contribution in [0.1, 0.15) is 10.5 Å². The van der Waals surface area contributed by atoms with E-state index in [0.717, 1.165) is 0 Å². The number of H-pyrrole nitrogens is 1. The summed E-state index contributed by atoms with van der Waals surface area (Å²) in [5.41, 5.74) is 5.53. The van der Waals surface area contributed by atoms with Gasteiger partial charge in [-0.05, 0) is 0 Å². The molecule has 1 aromatic rings. The lowest BCUT2D eigenvalue weighted by Crippen LogP contribution is -1.85. The molecule has 0 saturated heterocycles. The van der Waals surface area contributed by atoms with Crippen LogP contribution in [0.3, 0.4) is 0 Å². The third kappa shape index (κ3) is 1.73. The number of imidazole rings is 1. The van der Waals surface area contributed by atoms with E-state index in [1.165, 1.54) is 6.20 Å². The van der Waals surface area contributed by atoms with Gasteiger partial charge in [-0.15, -0.1) is 12.4 Å². The third-order valence-electron chi connectivity index (χ3n) is 0.742. The molecule has 5 heteroatoms. The molecular weight excluding hydrogens is 142 g/mol. The van der Waals surface area contributed by atoms with Crippen molar-refractivity contribution < 1.29 is 4.79 Å². The van der Waals surface area contributed by atoms with E-state index in [1.54, 1.807) is 0 Å². The Morgan fingerprint density at radius 2 is 2.44 bits per heavy atom. The number of hydrogen-bond donors (Lipinski definition) is 2. The lowest BCUT2D eigenvalue weighted by atomic mass is 10.6. The van der Waals surface area contributed by atoms with Crippen LogP contribution in [-0.2, 0) is 0 Å². The van der Waals surface area contributed by atoms with Crippen LogP contribution in [-0.4, -0.2) is 16.3 Å². The van der Waals surface area contributed by atoms with Crippen LogP contribution in [0.5, 0.6) is 0 Å². The topological polar surface area (TPSA) is 71.8 Å². The molecule has 0 amide bonds. The van der Waals surface area contributed by atoms with Gasteiger partial charge in [-0.25, -0.2) is 4.98 Å². The second-order valence-electron chi connectivity index (χ2n) is 1.34. The number of halogens is 1. The molecule has 0 aliphatic heterocycles. The lowest BCUT2D eigenvalue weighted by Gasteiger charge is -1.74. The molecule has 0 saturated carbocycles. The molecule has 4 nitrogen and oxygen atoms in total. The smallest absolute Gasteiger partial charge is 0.197 e. The molecule has 1 aromatic heterocycles. The van der Waals surface area contributed by atoms with Gasteiger partial charge in [-0.2, -0.15) is 0 Å². The molecule has 0 aromatic carbocycles. The van der Waals surface area contributed by atoms with Crippen molar-refractivity contribution >= 4 is 24.6 Å². The molecule has 1 rings (SSSR count). The maximum absolute atomic E-state index is 9.89. The zero-order chi connectivity index (χ0) is 5.98. The fourth-order valence-corrected chi connectivity index (χ4v) is 0.411. The Hall–Kier alpha value is -1.03. The highest BCUT2D eigenvalue weighted by atomic mass is 35.5. The number of carbonyl (C=O) groups is 1. The first-order chi connectivity index (χ1) is 3.83. The van der Waals surface area contributed by atoms with Gasteiger partial charge in [-0.1, -0.05) is 0 Å². The summed E-state index contributed by atoms with van der Waals surface area (Å²) < 4.78 is 0. The SMILES string of the molecule is Cl.Nc1ncc(C=O)[nH]1. The molecule has 0 aliphatic rings. The lowest BCUT2D eigenvalue weighted by molar-refractivity contribution is 0.111. The summed E-state index contributed by atoms with van der Waals surface area (Å²) >= 11 is 0. The minimum atomic E-state index is 0. The highest BCUT2D eigenvalue weighted by Crippen LogP contribution is 1.91. The molecule has 50 valence electrons. The van der Waals surface area contributed by atoms with Gasteiger partial charge < -0.3 is 10.7 Å². The Kier molecular flexibility index (Phi) is 2.73. The zero-order valence-electron chi connectivity index (χ0n) is 4.50. The second kappa shape index (κ2) is 3.09. The Balaban J connectivity index is 0.000000640. The number of rotatable bonds is 1. The van der Waals surface area contributed by atoms with Crippen molar-refractivity contribution in [3.05, 3.63) is 11.9 Å². The monoisotopic (exact) mass is 147 g/mol. The van der Waals surface area contributed by atoms with E-state index in [-0.39, 0.29) is 18.4 Å². The number of aromatic nitrogens is 2. The van der Waals surface area contributed by atoms with Gasteiger partial charge >= 0.3 is 0 Å². The fourth-order valence-electron chi connectivity index (χ4n) is 0.411. The highest BCUT2D eigenvalue weighted by Gasteiger charge is 1.90. The van der Waals surface area contributed by atoms with Crippen LogP contribution < -0.4 is 5.73 Å². The first-order valence-electron chi connectivity index (χ1n) is 2.08. The summed E-state index contributed by atoms with van der Waals surface area (Å²) in [4.78, 5) is 16.0. The number of aromatic amines is 1. The van der Waals surface area contributed by atoms with Crippen LogP contribution >= 0.6 is 12.4 Å². The van der Waals surface area contributed by atoms with Gasteiger partial charge in [0.05, 0.1) is 11.9 Å². The predicted octanol–water partition coefficient (Wildman–Crippen LogP) is 0.226. The quantitative estimate of drug-likeness (QED) is 0.559. The fraction of sp³-hybridized carbons (Fsp3) is 0. The normalized spacial score (nSPS) is 8.00. The largest absolute Gasteiger partial charge is 0.369 e. The maximum atomic E-state index is 9.89. The number of nitrogens with zero attached hydrogens (tertiary/aromatic N) is 1. The van der Waals surface area contributed by atoms with Gasteiger partial charge in [0.1, 0.15) is 0 Å². The van der Waals surface area contributed by atoms with Gasteiger partial charge in [0.15, 0.2) is 12.2 Å². The summed E-state index contributed by atoms with van der Waals surface area (Å²) in [5.74, 6) is 0.270. The average Bonchev–Trinajstić information content (AvgIpc) is 2.14. The van der Waals surface area contributed by atoms with Crippen LogP contribution in [0.4, 0.5) is 5.95 Å². The van der Waals surface area contributed by atoms with Crippen molar-refractivity contribution in [2.75, 3.05) is 5.73 Å². The predicted molar refractivity (Wildman–Crippen MR) is 35.6 cm³/mol. The van der Waals surface area contributed by atoms with Gasteiger partial charge in [0, 0.05) is 0 Å². The molecule has 9 heavy (non-hydrogen) atoms. The Labute approximate surface area is 57.9 Å². The Morgan fingerprint density at radius 3 is 2.67 bits per heavy atom. The molecule has 3 N–H and O–H groups in total. The molecule has 0 fully saturated rings. The zero-order valence-corrected chi connectivity index (χ0v) is 5.31. The standard InChI is InChI=1S/C4H5N3O.ClH/c5-4-6-1-3(2-8)7-4;/h1-2H,(H3,5,6,7);1H. The molecule has 0 radical (unpaired) electrons. The minimum absolute atomic E-state index is 0. The second-order valence-corrected chi connectivity index (χ2v) is 1.34. The number of nitrogens with two attached hydrogens (primary N) is 1. The van der Waals surface area contributed by atoms with E-state index in [0.29, 0.717) is 12.0 Å². The van der Waals surface area contributed by atoms with E-state index in [2.05, 4.69) is 9.97 Å². The third-order valence-corrected chi connectivity index (χ3v) is 0.742. The van der Waals surface area contributed by atoms with E-state index < -0.39 is 0 Å². The van der Waals surface area contributed by atoms with E-state index in [1.807, 2.05) is 0 Å². The average molecular weight is 148 g/mol. The summed E-state index contributed by atoms with van der Waals surface area (Å²) in [6.45, 7) is 0. The summed E-state index contributed by atoms with van der Waals surface area (Å²) in [6.07, 6.45) is 2.03. The first-order valence-corrected chi connectivity index (χ1v) is 2.08. The van der Waals surface area contributed by atoms with Crippen LogP contribution in [0.2, 0.25) is 0 Å². The minimum Gasteiger partial charge on any atom is -0.369 e. The molecule has 0 unspecified atom stereocenters. The van der Waals surface area contributed by atoms with E-state index >= 15 is 0 Å². The molecule has 0 bridgehead atoms. The molecule has 0 aliphatic carbocycles. The molecule has 1 heterocycles. The van der Waals surface area contributed by atoms with Crippen molar-refractivity contribution in [1.82, 2.24) is 9.97 Å². The summed E-state index contributed by atoms with van der Waals surface area (Å²) in [5, 5.41) is 0. The first kappa shape index (κ1) is 7.97. The van der Waals surface area contributed by atoms with Crippen molar-refractivity contribution in [1.29, 1.82) is 0 Å². The summed E-state index contributed by atoms with van der Waals surface area (Å²) in [7, 11) is 0. The molecule has 0 spiro atoms. The molecular formula is C4H6ClN3O. The van der Waals surface area contributed by atoms with Crippen LogP contribution in [0, 0.1) is 0 Å². The van der Waals surface area contributed by atoms with Crippen molar-refractivity contribution in [2.45, 2.75) is 0 Å². The Bertz CT molecular complexity index is 197. The van der Waals surface area contributed by atoms with Gasteiger partial charge in [0.25, 0.3) is 0 Å². The number of nitrogens with one attached hydrogen (secondary N) is 1. The van der Waals surface area contributed by atoms with Crippen molar-refractivity contribution in [2.24, 2.45) is 0 Å². The van der Waals surface area contributed by atoms with Crippen molar-refractivity contribution in [3.63, 3.8) is 0 Å². The van der Waals surface area contributed by atoms with Crippen molar-refractivity contribution in [3.8, 4) is 0 Å². The van der Waals surface area contributed by atoms with E-state index in [4.69, 9.17) is 5.73 Å². The number of nitrogen functional groups attached to an aromatic ring is 1. The van der Waals surface area contributed by atoms with Crippen LogP contribution in [0.15, 0.2) is 6.20 Å². The highest BCUT2D eigenvalue weighted by molar-refractivity contribution is 5.85. The Morgan fingerprint density at radius 1 is 1.78 bits per heavy atom. The number of anilines is 1. The number of aldehydes is 1. The van der Waals surface area contributed by atoms with Gasteiger partial charge in [0.2, 0.25) is 0 Å². The van der Waals surface area contributed by atoms with Gasteiger partial charge in [-0.3, -0.25) is 4.79 Å². The van der Waals surface area contributed by atoms with E-state index in [9.17, 15) is 4.79 Å².